The van der Waals surface area contributed by atoms with Crippen molar-refractivity contribution >= 4 is 5.97 Å². The summed E-state index contributed by atoms with van der Waals surface area (Å²) in [5, 5.41) is 0. The summed E-state index contributed by atoms with van der Waals surface area (Å²) in [5.41, 5.74) is -0.258. The molecule has 4 nitrogen and oxygen atoms in total. The molecule has 2 rings (SSSR count). The van der Waals surface area contributed by atoms with Crippen LogP contribution in [0.15, 0.2) is 0 Å². The number of carbonyl (C=O) groups is 1. The van der Waals surface area contributed by atoms with Crippen molar-refractivity contribution in [3.8, 4) is 0 Å². The lowest BCUT2D eigenvalue weighted by Gasteiger charge is -2.30. The van der Waals surface area contributed by atoms with E-state index in [1.807, 2.05) is 0 Å². The van der Waals surface area contributed by atoms with Gasteiger partial charge in [-0.2, -0.15) is 0 Å². The summed E-state index contributed by atoms with van der Waals surface area (Å²) in [7, 11) is 3.28. The molecule has 18 heavy (non-hydrogen) atoms. The van der Waals surface area contributed by atoms with Crippen molar-refractivity contribution in [1.82, 2.24) is 0 Å². The van der Waals surface area contributed by atoms with Gasteiger partial charge in [0.15, 0.2) is 6.29 Å². The second-order valence-corrected chi connectivity index (χ2v) is 5.49. The van der Waals surface area contributed by atoms with Crippen molar-refractivity contribution in [1.29, 1.82) is 0 Å². The highest BCUT2D eigenvalue weighted by atomic mass is 16.7. The molecule has 1 aliphatic heterocycles. The van der Waals surface area contributed by atoms with Crippen LogP contribution in [0.3, 0.4) is 0 Å². The molecule has 1 aliphatic carbocycles. The Kier molecular flexibility index (Phi) is 4.62. The van der Waals surface area contributed by atoms with Gasteiger partial charge < -0.3 is 14.2 Å². The number of carbonyl (C=O) groups excluding carboxylic acids is 1. The maximum Gasteiger partial charge on any atom is 0.312 e. The molecular weight excluding hydrogens is 232 g/mol. The number of methoxy groups -OCH3 is 2. The first-order valence-corrected chi connectivity index (χ1v) is 6.96. The highest BCUT2D eigenvalue weighted by molar-refractivity contribution is 5.79. The Labute approximate surface area is 109 Å². The van der Waals surface area contributed by atoms with Gasteiger partial charge in [0.1, 0.15) is 0 Å². The molecule has 104 valence electrons. The average Bonchev–Trinajstić information content (AvgIpc) is 2.58. The fraction of sp³-hybridized carbons (Fsp3) is 0.929. The van der Waals surface area contributed by atoms with Gasteiger partial charge in [-0.05, 0) is 25.7 Å². The van der Waals surface area contributed by atoms with Crippen molar-refractivity contribution < 1.29 is 19.0 Å². The molecule has 2 fully saturated rings. The van der Waals surface area contributed by atoms with Gasteiger partial charge in [0.25, 0.3) is 0 Å². The molecule has 1 saturated carbocycles. The van der Waals surface area contributed by atoms with Gasteiger partial charge >= 0.3 is 5.97 Å². The first-order valence-electron chi connectivity index (χ1n) is 6.96. The van der Waals surface area contributed by atoms with Gasteiger partial charge in [0.2, 0.25) is 0 Å². The Morgan fingerprint density at radius 3 is 2.83 bits per heavy atom. The third kappa shape index (κ3) is 2.54. The standard InChI is InChI=1S/C14H24O4/c1-16-12(17-2)7-9-14-8-5-3-4-6-11(14)10-18-13(14)15/h11-12H,3-10H2,1-2H3/t11-,14+/m1/s1. The Bertz CT molecular complexity index is 288. The average molecular weight is 256 g/mol. The number of hydrogen-bond acceptors (Lipinski definition) is 4. The Morgan fingerprint density at radius 1 is 1.33 bits per heavy atom. The quantitative estimate of drug-likeness (QED) is 0.560. The molecule has 0 amide bonds. The van der Waals surface area contributed by atoms with Crippen LogP contribution < -0.4 is 0 Å². The van der Waals surface area contributed by atoms with Crippen molar-refractivity contribution in [3.63, 3.8) is 0 Å². The van der Waals surface area contributed by atoms with E-state index in [0.717, 1.165) is 32.1 Å². The van der Waals surface area contributed by atoms with Crippen LogP contribution in [0.2, 0.25) is 0 Å². The normalized spacial score (nSPS) is 32.2. The lowest BCUT2D eigenvalue weighted by molar-refractivity contribution is -0.150. The Hall–Kier alpha value is -0.610. The van der Waals surface area contributed by atoms with Crippen LogP contribution in [0.1, 0.15) is 44.9 Å². The lowest BCUT2D eigenvalue weighted by atomic mass is 9.71. The predicted octanol–water partition coefficient (Wildman–Crippen LogP) is 2.51. The van der Waals surface area contributed by atoms with Crippen molar-refractivity contribution in [3.05, 3.63) is 0 Å². The van der Waals surface area contributed by atoms with E-state index in [2.05, 4.69) is 0 Å². The Morgan fingerprint density at radius 2 is 2.11 bits per heavy atom. The number of cyclic esters (lactones) is 1. The number of esters is 1. The zero-order valence-corrected chi connectivity index (χ0v) is 11.4. The van der Waals surface area contributed by atoms with E-state index in [1.54, 1.807) is 14.2 Å². The maximum absolute atomic E-state index is 12.2. The first-order chi connectivity index (χ1) is 8.73. The van der Waals surface area contributed by atoms with E-state index in [0.29, 0.717) is 12.5 Å². The van der Waals surface area contributed by atoms with Crippen LogP contribution in [0, 0.1) is 11.3 Å². The number of fused-ring (bicyclic) bond motifs is 1. The molecule has 2 aliphatic rings. The monoisotopic (exact) mass is 256 g/mol. The van der Waals surface area contributed by atoms with E-state index in [-0.39, 0.29) is 17.7 Å². The van der Waals surface area contributed by atoms with E-state index < -0.39 is 0 Å². The highest BCUT2D eigenvalue weighted by Gasteiger charge is 2.51. The Balaban J connectivity index is 2.05. The molecule has 0 aromatic carbocycles. The fourth-order valence-corrected chi connectivity index (χ4v) is 3.46. The predicted molar refractivity (Wildman–Crippen MR) is 67.0 cm³/mol. The van der Waals surface area contributed by atoms with E-state index >= 15 is 0 Å². The van der Waals surface area contributed by atoms with E-state index in [4.69, 9.17) is 14.2 Å². The molecule has 0 bridgehead atoms. The summed E-state index contributed by atoms with van der Waals surface area (Å²) in [6, 6.07) is 0. The second-order valence-electron chi connectivity index (χ2n) is 5.49. The van der Waals surface area contributed by atoms with Gasteiger partial charge in [-0.15, -0.1) is 0 Å². The maximum atomic E-state index is 12.2. The molecule has 4 heteroatoms. The minimum atomic E-state index is -0.258. The molecule has 1 heterocycles. The summed E-state index contributed by atoms with van der Waals surface area (Å²) in [5.74, 6) is 0.419. The van der Waals surface area contributed by atoms with Crippen molar-refractivity contribution in [2.24, 2.45) is 11.3 Å². The first kappa shape index (κ1) is 13.8. The summed E-state index contributed by atoms with van der Waals surface area (Å²) >= 11 is 0. The minimum Gasteiger partial charge on any atom is -0.465 e. The van der Waals surface area contributed by atoms with Crippen LogP contribution in [0.25, 0.3) is 0 Å². The van der Waals surface area contributed by atoms with Gasteiger partial charge in [0.05, 0.1) is 12.0 Å². The summed E-state index contributed by atoms with van der Waals surface area (Å²) in [4.78, 5) is 12.2. The smallest absolute Gasteiger partial charge is 0.312 e. The van der Waals surface area contributed by atoms with E-state index in [9.17, 15) is 4.79 Å². The van der Waals surface area contributed by atoms with Crippen LogP contribution in [0.5, 0.6) is 0 Å². The molecule has 0 spiro atoms. The fourth-order valence-electron chi connectivity index (χ4n) is 3.46. The number of ether oxygens (including phenoxy) is 3. The second kappa shape index (κ2) is 6.02. The molecule has 1 saturated heterocycles. The van der Waals surface area contributed by atoms with Crippen LogP contribution in [-0.2, 0) is 19.0 Å². The zero-order chi connectivity index (χ0) is 13.0. The zero-order valence-electron chi connectivity index (χ0n) is 11.4. The van der Waals surface area contributed by atoms with E-state index in [1.165, 1.54) is 12.8 Å². The molecule has 0 unspecified atom stereocenters. The van der Waals surface area contributed by atoms with Gasteiger partial charge in [-0.3, -0.25) is 4.79 Å². The van der Waals surface area contributed by atoms with Crippen LogP contribution >= 0.6 is 0 Å². The van der Waals surface area contributed by atoms with Gasteiger partial charge in [-0.1, -0.05) is 19.3 Å². The van der Waals surface area contributed by atoms with Gasteiger partial charge in [0, 0.05) is 20.1 Å². The topological polar surface area (TPSA) is 44.8 Å². The van der Waals surface area contributed by atoms with Crippen molar-refractivity contribution in [2.75, 3.05) is 20.8 Å². The third-order valence-electron chi connectivity index (χ3n) is 4.63. The summed E-state index contributed by atoms with van der Waals surface area (Å²) < 4.78 is 15.8. The molecule has 0 aromatic heterocycles. The SMILES string of the molecule is COC(CC[C@@]12CCCCC[C@@H]1COC2=O)OC. The molecule has 0 aromatic rings. The number of hydrogen-bond donors (Lipinski definition) is 0. The minimum absolute atomic E-state index is 0.0142. The van der Waals surface area contributed by atoms with Crippen LogP contribution in [0.4, 0.5) is 0 Å². The molecule has 2 atom stereocenters. The molecule has 0 radical (unpaired) electrons. The van der Waals surface area contributed by atoms with Gasteiger partial charge in [-0.25, -0.2) is 0 Å². The summed E-state index contributed by atoms with van der Waals surface area (Å²) in [6.07, 6.45) is 7.06. The lowest BCUT2D eigenvalue weighted by Crippen LogP contribution is -2.34. The van der Waals surface area contributed by atoms with Crippen LogP contribution in [-0.4, -0.2) is 33.1 Å². The number of rotatable bonds is 5. The molecular formula is C14H24O4. The summed E-state index contributed by atoms with van der Waals surface area (Å²) in [6.45, 7) is 0.615. The third-order valence-corrected chi connectivity index (χ3v) is 4.63. The van der Waals surface area contributed by atoms with Crippen molar-refractivity contribution in [2.45, 2.75) is 51.2 Å². The largest absolute Gasteiger partial charge is 0.465 e. The molecule has 0 N–H and O–H groups in total. The highest BCUT2D eigenvalue weighted by Crippen LogP contribution is 2.48.